The summed E-state index contributed by atoms with van der Waals surface area (Å²) in [6.07, 6.45) is -3.79. The van der Waals surface area contributed by atoms with E-state index >= 15 is 0 Å². The Kier molecular flexibility index (Phi) is 3.37. The van der Waals surface area contributed by atoms with E-state index in [4.69, 9.17) is 9.84 Å². The topological polar surface area (TPSA) is 90.2 Å². The number of hydrogen-bond donors (Lipinski definition) is 4. The van der Waals surface area contributed by atoms with Crippen LogP contribution >= 0.6 is 27.3 Å². The van der Waals surface area contributed by atoms with Crippen LogP contribution in [0.1, 0.15) is 4.88 Å². The molecule has 0 aromatic carbocycles. The van der Waals surface area contributed by atoms with Gasteiger partial charge in [-0.25, -0.2) is 0 Å². The average molecular weight is 311 g/mol. The third kappa shape index (κ3) is 1.72. The summed E-state index contributed by atoms with van der Waals surface area (Å²) in [5, 5.41) is 40.2. The first kappa shape index (κ1) is 12.4. The van der Waals surface area contributed by atoms with E-state index in [-0.39, 0.29) is 0 Å². The first-order valence-electron chi connectivity index (χ1n) is 4.61. The number of halogens is 1. The molecular formula is C9H11BrO5S. The lowest BCUT2D eigenvalue weighted by Gasteiger charge is -2.25. The van der Waals surface area contributed by atoms with Crippen molar-refractivity contribution in [3.63, 3.8) is 0 Å². The van der Waals surface area contributed by atoms with Crippen LogP contribution in [0.5, 0.6) is 0 Å². The molecule has 90 valence electrons. The summed E-state index contributed by atoms with van der Waals surface area (Å²) < 4.78 is 5.72. The molecule has 0 unspecified atom stereocenters. The van der Waals surface area contributed by atoms with Gasteiger partial charge in [-0.15, -0.1) is 11.3 Å². The van der Waals surface area contributed by atoms with Gasteiger partial charge in [-0.05, 0) is 27.4 Å². The van der Waals surface area contributed by atoms with Crippen molar-refractivity contribution in [1.29, 1.82) is 0 Å². The molecule has 1 saturated heterocycles. The molecule has 2 rings (SSSR count). The Bertz CT molecular complexity index is 384. The SMILES string of the molecule is OC[C@H]1O[C@](O)(c2sccc2Br)[C@H](O)[C@@H]1O. The van der Waals surface area contributed by atoms with Crippen molar-refractivity contribution in [1.82, 2.24) is 0 Å². The van der Waals surface area contributed by atoms with E-state index in [1.807, 2.05) is 0 Å². The molecule has 1 fully saturated rings. The van der Waals surface area contributed by atoms with E-state index < -0.39 is 30.7 Å². The number of hydrogen-bond acceptors (Lipinski definition) is 6. The van der Waals surface area contributed by atoms with Gasteiger partial charge in [0.05, 0.1) is 11.5 Å². The minimum Gasteiger partial charge on any atom is -0.394 e. The van der Waals surface area contributed by atoms with E-state index in [1.54, 1.807) is 11.4 Å². The predicted molar refractivity (Wildman–Crippen MR) is 59.9 cm³/mol. The molecule has 1 aromatic rings. The average Bonchev–Trinajstić information content (AvgIpc) is 2.77. The Morgan fingerprint density at radius 1 is 1.50 bits per heavy atom. The van der Waals surface area contributed by atoms with Gasteiger partial charge >= 0.3 is 0 Å². The number of aliphatic hydroxyl groups is 4. The summed E-state index contributed by atoms with van der Waals surface area (Å²) in [5.74, 6) is -1.97. The first-order valence-corrected chi connectivity index (χ1v) is 6.28. The molecule has 0 aliphatic carbocycles. The Balaban J connectivity index is 2.37. The van der Waals surface area contributed by atoms with E-state index in [1.165, 1.54) is 11.3 Å². The molecule has 1 aliphatic rings. The van der Waals surface area contributed by atoms with Gasteiger partial charge < -0.3 is 25.2 Å². The number of thiophene rings is 1. The lowest BCUT2D eigenvalue weighted by atomic mass is 10.0. The van der Waals surface area contributed by atoms with Gasteiger partial charge in [0.25, 0.3) is 0 Å². The second-order valence-corrected chi connectivity index (χ2v) is 5.34. The molecule has 5 nitrogen and oxygen atoms in total. The van der Waals surface area contributed by atoms with Gasteiger partial charge in [-0.2, -0.15) is 0 Å². The van der Waals surface area contributed by atoms with Crippen molar-refractivity contribution >= 4 is 27.3 Å². The molecule has 1 aliphatic heterocycles. The molecule has 0 spiro atoms. The Morgan fingerprint density at radius 3 is 2.62 bits per heavy atom. The molecule has 0 saturated carbocycles. The summed E-state index contributed by atoms with van der Waals surface area (Å²) in [6, 6.07) is 1.70. The van der Waals surface area contributed by atoms with Crippen molar-refractivity contribution < 1.29 is 25.2 Å². The van der Waals surface area contributed by atoms with Crippen molar-refractivity contribution in [2.75, 3.05) is 6.61 Å². The van der Waals surface area contributed by atoms with Crippen LogP contribution in [0.2, 0.25) is 0 Å². The lowest BCUT2D eigenvalue weighted by Crippen LogP contribution is -2.40. The lowest BCUT2D eigenvalue weighted by molar-refractivity contribution is -0.238. The zero-order chi connectivity index (χ0) is 11.9. The number of rotatable bonds is 2. The van der Waals surface area contributed by atoms with Crippen molar-refractivity contribution in [3.8, 4) is 0 Å². The van der Waals surface area contributed by atoms with Crippen LogP contribution < -0.4 is 0 Å². The minimum atomic E-state index is -1.97. The van der Waals surface area contributed by atoms with Gasteiger partial charge in [0.1, 0.15) is 18.3 Å². The van der Waals surface area contributed by atoms with Gasteiger partial charge in [0.15, 0.2) is 0 Å². The third-order valence-electron chi connectivity index (χ3n) is 2.56. The fourth-order valence-electron chi connectivity index (χ4n) is 1.69. The zero-order valence-electron chi connectivity index (χ0n) is 8.08. The van der Waals surface area contributed by atoms with Crippen LogP contribution in [0.3, 0.4) is 0 Å². The maximum atomic E-state index is 10.2. The highest BCUT2D eigenvalue weighted by atomic mass is 79.9. The quantitative estimate of drug-likeness (QED) is 0.606. The monoisotopic (exact) mass is 310 g/mol. The van der Waals surface area contributed by atoms with Crippen LogP contribution in [0.25, 0.3) is 0 Å². The standard InChI is InChI=1S/C9H11BrO5S/c10-4-1-2-16-8(4)9(14)7(13)6(12)5(3-11)15-9/h1-2,5-7,11-14H,3H2/t5-,6-,7-,9+/m1/s1. The van der Waals surface area contributed by atoms with Crippen LogP contribution in [0, 0.1) is 0 Å². The molecule has 7 heteroatoms. The van der Waals surface area contributed by atoms with Crippen molar-refractivity contribution in [2.24, 2.45) is 0 Å². The van der Waals surface area contributed by atoms with E-state index in [2.05, 4.69) is 15.9 Å². The van der Waals surface area contributed by atoms with Gasteiger partial charge in [-0.1, -0.05) is 0 Å². The first-order chi connectivity index (χ1) is 7.50. The fourth-order valence-corrected chi connectivity index (χ4v) is 3.42. The molecule has 4 N–H and O–H groups in total. The smallest absolute Gasteiger partial charge is 0.233 e. The maximum absolute atomic E-state index is 10.2. The Hall–Kier alpha value is -0.0200. The Labute approximate surface area is 104 Å². The molecule has 0 amide bonds. The summed E-state index contributed by atoms with van der Waals surface area (Å²) in [7, 11) is 0. The van der Waals surface area contributed by atoms with E-state index in [9.17, 15) is 15.3 Å². The summed E-state index contributed by atoms with van der Waals surface area (Å²) in [4.78, 5) is 0.370. The molecule has 0 radical (unpaired) electrons. The Morgan fingerprint density at radius 2 is 2.19 bits per heavy atom. The zero-order valence-corrected chi connectivity index (χ0v) is 10.5. The van der Waals surface area contributed by atoms with E-state index in [0.717, 1.165) is 0 Å². The molecule has 16 heavy (non-hydrogen) atoms. The molecule has 1 aromatic heterocycles. The van der Waals surface area contributed by atoms with Crippen LogP contribution in [0.15, 0.2) is 15.9 Å². The molecule has 0 bridgehead atoms. The molecule has 4 atom stereocenters. The largest absolute Gasteiger partial charge is 0.394 e. The highest BCUT2D eigenvalue weighted by Crippen LogP contribution is 2.43. The predicted octanol–water partition coefficient (Wildman–Crippen LogP) is -0.231. The van der Waals surface area contributed by atoms with Gasteiger partial charge in [0, 0.05) is 4.47 Å². The van der Waals surface area contributed by atoms with Gasteiger partial charge in [0.2, 0.25) is 5.79 Å². The van der Waals surface area contributed by atoms with E-state index in [0.29, 0.717) is 9.35 Å². The number of ether oxygens (including phenoxy) is 1. The number of aliphatic hydroxyl groups excluding tert-OH is 3. The third-order valence-corrected chi connectivity index (χ3v) is 4.50. The normalized spacial score (nSPS) is 39.2. The molecule has 2 heterocycles. The molecular weight excluding hydrogens is 300 g/mol. The second-order valence-electron chi connectivity index (χ2n) is 3.57. The van der Waals surface area contributed by atoms with Crippen molar-refractivity contribution in [2.45, 2.75) is 24.1 Å². The highest BCUT2D eigenvalue weighted by Gasteiger charge is 2.55. The second kappa shape index (κ2) is 4.34. The van der Waals surface area contributed by atoms with Crippen LogP contribution in [-0.2, 0) is 10.5 Å². The fraction of sp³-hybridized carbons (Fsp3) is 0.556. The minimum absolute atomic E-state index is 0.370. The summed E-state index contributed by atoms with van der Waals surface area (Å²) in [5.41, 5.74) is 0. The van der Waals surface area contributed by atoms with Crippen LogP contribution in [0.4, 0.5) is 0 Å². The van der Waals surface area contributed by atoms with Crippen molar-refractivity contribution in [3.05, 3.63) is 20.8 Å². The van der Waals surface area contributed by atoms with Crippen LogP contribution in [-0.4, -0.2) is 45.3 Å². The summed E-state index contributed by atoms with van der Waals surface area (Å²) >= 11 is 4.41. The maximum Gasteiger partial charge on any atom is 0.233 e. The highest BCUT2D eigenvalue weighted by molar-refractivity contribution is 9.10. The van der Waals surface area contributed by atoms with Gasteiger partial charge in [-0.3, -0.25) is 0 Å². The summed E-state index contributed by atoms with van der Waals surface area (Å²) in [6.45, 7) is -0.469.